The topological polar surface area (TPSA) is 41.5 Å². The molecule has 0 saturated heterocycles. The molecule has 0 amide bonds. The average Bonchev–Trinajstić information content (AvgIpc) is 2.70. The Morgan fingerprint density at radius 3 is 2.61 bits per heavy atom. The second kappa shape index (κ2) is 10.7. The Morgan fingerprint density at radius 2 is 1.79 bits per heavy atom. The van der Waals surface area contributed by atoms with Gasteiger partial charge in [-0.05, 0) is 54.8 Å². The number of benzene rings is 3. The highest BCUT2D eigenvalue weighted by Crippen LogP contribution is 2.30. The molecule has 3 nitrogen and oxygen atoms in total. The summed E-state index contributed by atoms with van der Waals surface area (Å²) in [5, 5.41) is 16.0. The molecule has 0 saturated carbocycles. The average molecular weight is 418 g/mol. The molecule has 0 atom stereocenters. The van der Waals surface area contributed by atoms with Gasteiger partial charge in [0.05, 0.1) is 0 Å². The zero-order valence-electron chi connectivity index (χ0n) is 15.8. The number of halogens is 2. The third-order valence-electron chi connectivity index (χ3n) is 4.71. The van der Waals surface area contributed by atoms with Gasteiger partial charge in [0.2, 0.25) is 0 Å². The fraction of sp³-hybridized carbons (Fsp3) is 0.304. The summed E-state index contributed by atoms with van der Waals surface area (Å²) in [5.41, 5.74) is 2.05. The van der Waals surface area contributed by atoms with E-state index in [1.165, 1.54) is 10.8 Å². The van der Waals surface area contributed by atoms with Crippen molar-refractivity contribution >= 4 is 34.0 Å². The molecule has 0 fully saturated rings. The van der Waals surface area contributed by atoms with Crippen molar-refractivity contribution in [3.8, 4) is 5.75 Å². The van der Waals surface area contributed by atoms with Gasteiger partial charge in [0.1, 0.15) is 12.4 Å². The quantitative estimate of drug-likeness (QED) is 0.398. The van der Waals surface area contributed by atoms with Gasteiger partial charge >= 0.3 is 0 Å². The second-order valence-corrected chi connectivity index (χ2v) is 7.59. The summed E-state index contributed by atoms with van der Waals surface area (Å²) in [6.07, 6.45) is 2.92. The van der Waals surface area contributed by atoms with E-state index in [2.05, 4.69) is 23.5 Å². The molecule has 0 heterocycles. The van der Waals surface area contributed by atoms with Gasteiger partial charge in [0.15, 0.2) is 0 Å². The van der Waals surface area contributed by atoms with Crippen molar-refractivity contribution < 1.29 is 9.84 Å². The minimum atomic E-state index is 0.259. The maximum Gasteiger partial charge on any atom is 0.124 e. The van der Waals surface area contributed by atoms with Crippen molar-refractivity contribution in [2.75, 3.05) is 13.2 Å². The summed E-state index contributed by atoms with van der Waals surface area (Å²) in [6, 6.07) is 17.9. The summed E-state index contributed by atoms with van der Waals surface area (Å²) < 4.78 is 6.15. The minimum absolute atomic E-state index is 0.259. The van der Waals surface area contributed by atoms with E-state index >= 15 is 0 Å². The van der Waals surface area contributed by atoms with Gasteiger partial charge in [-0.3, -0.25) is 0 Å². The van der Waals surface area contributed by atoms with Crippen molar-refractivity contribution in [1.82, 2.24) is 5.32 Å². The Hall–Kier alpha value is -1.78. The Bertz CT molecular complexity index is 914. The Balaban J connectivity index is 1.74. The molecule has 3 rings (SSSR count). The smallest absolute Gasteiger partial charge is 0.124 e. The van der Waals surface area contributed by atoms with E-state index < -0.39 is 0 Å². The Kier molecular flexibility index (Phi) is 7.99. The van der Waals surface area contributed by atoms with Crippen LogP contribution in [-0.2, 0) is 13.2 Å². The number of nitrogens with one attached hydrogen (secondary N) is 1. The number of unbranched alkanes of at least 4 members (excludes halogenated alkanes) is 2. The van der Waals surface area contributed by atoms with E-state index in [0.717, 1.165) is 49.2 Å². The van der Waals surface area contributed by atoms with Gasteiger partial charge in [-0.2, -0.15) is 0 Å². The number of fused-ring (bicyclic) bond motifs is 1. The monoisotopic (exact) mass is 417 g/mol. The number of aliphatic hydroxyl groups is 1. The third kappa shape index (κ3) is 5.62. The van der Waals surface area contributed by atoms with Gasteiger partial charge in [0.25, 0.3) is 0 Å². The van der Waals surface area contributed by atoms with E-state index in [0.29, 0.717) is 16.7 Å². The first kappa shape index (κ1) is 20.9. The molecule has 0 aromatic heterocycles. The number of ether oxygens (including phenoxy) is 1. The Morgan fingerprint density at radius 1 is 0.929 bits per heavy atom. The number of hydrogen-bond acceptors (Lipinski definition) is 3. The van der Waals surface area contributed by atoms with Crippen molar-refractivity contribution in [3.63, 3.8) is 0 Å². The van der Waals surface area contributed by atoms with Gasteiger partial charge < -0.3 is 15.2 Å². The highest BCUT2D eigenvalue weighted by Gasteiger charge is 2.10. The largest absolute Gasteiger partial charge is 0.488 e. The zero-order chi connectivity index (χ0) is 19.8. The lowest BCUT2D eigenvalue weighted by atomic mass is 10.0. The van der Waals surface area contributed by atoms with E-state index in [1.807, 2.05) is 30.3 Å². The molecule has 3 aromatic carbocycles. The zero-order valence-corrected chi connectivity index (χ0v) is 17.3. The molecule has 0 aliphatic carbocycles. The van der Waals surface area contributed by atoms with Crippen LogP contribution in [0.5, 0.6) is 5.75 Å². The van der Waals surface area contributed by atoms with E-state index in [4.69, 9.17) is 33.0 Å². The first-order chi connectivity index (χ1) is 13.7. The molecule has 28 heavy (non-hydrogen) atoms. The van der Waals surface area contributed by atoms with Gasteiger partial charge in [0, 0.05) is 34.3 Å². The molecule has 0 spiro atoms. The molecule has 0 aliphatic rings. The van der Waals surface area contributed by atoms with Crippen LogP contribution < -0.4 is 10.1 Å². The number of hydrogen-bond donors (Lipinski definition) is 2. The summed E-state index contributed by atoms with van der Waals surface area (Å²) in [4.78, 5) is 0. The lowest BCUT2D eigenvalue weighted by molar-refractivity contribution is 0.282. The maximum absolute atomic E-state index is 8.89. The van der Waals surface area contributed by atoms with E-state index in [1.54, 1.807) is 6.07 Å². The van der Waals surface area contributed by atoms with E-state index in [9.17, 15) is 0 Å². The lowest BCUT2D eigenvalue weighted by Crippen LogP contribution is -2.16. The van der Waals surface area contributed by atoms with Crippen molar-refractivity contribution in [2.24, 2.45) is 0 Å². The van der Waals surface area contributed by atoms with Gasteiger partial charge in [-0.25, -0.2) is 0 Å². The predicted molar refractivity (Wildman–Crippen MR) is 117 cm³/mol. The van der Waals surface area contributed by atoms with Crippen LogP contribution in [0.3, 0.4) is 0 Å². The van der Waals surface area contributed by atoms with Crippen LogP contribution in [0.1, 0.15) is 30.4 Å². The van der Waals surface area contributed by atoms with Crippen molar-refractivity contribution in [2.45, 2.75) is 32.4 Å². The van der Waals surface area contributed by atoms with Crippen LogP contribution in [0, 0.1) is 0 Å². The highest BCUT2D eigenvalue weighted by atomic mass is 35.5. The molecular formula is C23H25Cl2NO2. The summed E-state index contributed by atoms with van der Waals surface area (Å²) in [6.45, 7) is 2.28. The van der Waals surface area contributed by atoms with Crippen molar-refractivity contribution in [1.29, 1.82) is 0 Å². The second-order valence-electron chi connectivity index (χ2n) is 6.75. The fourth-order valence-electron chi connectivity index (χ4n) is 3.18. The van der Waals surface area contributed by atoms with Crippen LogP contribution in [-0.4, -0.2) is 18.3 Å². The molecule has 0 unspecified atom stereocenters. The predicted octanol–water partition coefficient (Wildman–Crippen LogP) is 5.98. The maximum atomic E-state index is 8.89. The molecule has 0 radical (unpaired) electrons. The van der Waals surface area contributed by atoms with Crippen LogP contribution >= 0.6 is 23.2 Å². The van der Waals surface area contributed by atoms with Crippen LogP contribution in [0.2, 0.25) is 10.0 Å². The summed E-state index contributed by atoms with van der Waals surface area (Å²) >= 11 is 12.3. The van der Waals surface area contributed by atoms with Crippen LogP contribution in [0.15, 0.2) is 54.6 Å². The third-order valence-corrected chi connectivity index (χ3v) is 5.30. The molecule has 2 N–H and O–H groups in total. The van der Waals surface area contributed by atoms with E-state index in [-0.39, 0.29) is 6.61 Å². The standard InChI is InChI=1S/C23H25Cl2NO2/c24-19-10-8-18(22(25)14-19)16-28-23-11-9-17-6-2-3-7-20(17)21(23)15-26-12-4-1-5-13-27/h2-3,6-11,14,26-27H,1,4-5,12-13,15-16H2. The molecule has 0 bridgehead atoms. The van der Waals surface area contributed by atoms with Crippen LogP contribution in [0.25, 0.3) is 10.8 Å². The lowest BCUT2D eigenvalue weighted by Gasteiger charge is -2.16. The number of rotatable bonds is 10. The van der Waals surface area contributed by atoms with Crippen LogP contribution in [0.4, 0.5) is 0 Å². The first-order valence-electron chi connectivity index (χ1n) is 9.58. The molecule has 148 valence electrons. The number of aliphatic hydroxyl groups excluding tert-OH is 1. The normalized spacial score (nSPS) is 11.1. The summed E-state index contributed by atoms with van der Waals surface area (Å²) in [5.74, 6) is 0.854. The van der Waals surface area contributed by atoms with Gasteiger partial charge in [-0.15, -0.1) is 0 Å². The SMILES string of the molecule is OCCCCCNCc1c(OCc2ccc(Cl)cc2Cl)ccc2ccccc12. The molecule has 3 aromatic rings. The molecule has 0 aliphatic heterocycles. The summed E-state index contributed by atoms with van der Waals surface area (Å²) in [7, 11) is 0. The fourth-order valence-corrected chi connectivity index (χ4v) is 3.64. The van der Waals surface area contributed by atoms with Crippen molar-refractivity contribution in [3.05, 3.63) is 75.8 Å². The minimum Gasteiger partial charge on any atom is -0.488 e. The molecule has 5 heteroatoms. The Labute approximate surface area is 176 Å². The first-order valence-corrected chi connectivity index (χ1v) is 10.3. The van der Waals surface area contributed by atoms with Gasteiger partial charge in [-0.1, -0.05) is 59.6 Å². The molecular weight excluding hydrogens is 393 g/mol. The highest BCUT2D eigenvalue weighted by molar-refractivity contribution is 6.35.